The molecule has 0 saturated carbocycles. The average Bonchev–Trinajstić information content (AvgIpc) is 3.10. The third-order valence-corrected chi connectivity index (χ3v) is 3.81. The molecular weight excluding hydrogens is 328 g/mol. The molecule has 26 heavy (non-hydrogen) atoms. The summed E-state index contributed by atoms with van der Waals surface area (Å²) in [6.07, 6.45) is 3.21. The van der Waals surface area contributed by atoms with Crippen LogP contribution in [0.2, 0.25) is 0 Å². The molecule has 0 radical (unpaired) electrons. The molecule has 3 aromatic rings. The summed E-state index contributed by atoms with van der Waals surface area (Å²) in [4.78, 5) is 11.4. The normalized spacial score (nSPS) is 11.0. The van der Waals surface area contributed by atoms with Crippen molar-refractivity contribution in [3.05, 3.63) is 71.9 Å². The molecule has 0 aliphatic heterocycles. The highest BCUT2D eigenvalue weighted by Gasteiger charge is 2.13. The molecule has 0 atom stereocenters. The molecule has 0 aliphatic carbocycles. The number of carbonyl (C=O) groups is 1. The first-order valence-electron chi connectivity index (χ1n) is 7.83. The minimum absolute atomic E-state index is 0.132. The number of ether oxygens (including phenoxy) is 1. The third-order valence-electron chi connectivity index (χ3n) is 3.81. The molecule has 1 aromatic heterocycles. The number of nitrogens with zero attached hydrogens (tertiary/aromatic N) is 3. The number of primary amides is 1. The first-order chi connectivity index (χ1) is 12.6. The second-order valence-electron chi connectivity index (χ2n) is 5.48. The summed E-state index contributed by atoms with van der Waals surface area (Å²) >= 11 is 0. The number of nitriles is 1. The average molecular weight is 344 g/mol. The van der Waals surface area contributed by atoms with Gasteiger partial charge in [0.05, 0.1) is 18.5 Å². The second-order valence-corrected chi connectivity index (χ2v) is 5.48. The van der Waals surface area contributed by atoms with Crippen molar-refractivity contribution in [2.45, 2.75) is 0 Å². The van der Waals surface area contributed by atoms with Crippen LogP contribution in [0.1, 0.15) is 5.56 Å². The molecule has 0 unspecified atom stereocenters. The van der Waals surface area contributed by atoms with Gasteiger partial charge in [0.15, 0.2) is 0 Å². The van der Waals surface area contributed by atoms with E-state index in [4.69, 9.17) is 15.7 Å². The van der Waals surface area contributed by atoms with Gasteiger partial charge < -0.3 is 10.5 Å². The number of benzene rings is 2. The third kappa shape index (κ3) is 3.47. The van der Waals surface area contributed by atoms with E-state index in [1.165, 1.54) is 6.08 Å². The van der Waals surface area contributed by atoms with E-state index >= 15 is 0 Å². The van der Waals surface area contributed by atoms with Crippen LogP contribution in [-0.4, -0.2) is 22.8 Å². The van der Waals surface area contributed by atoms with E-state index in [2.05, 4.69) is 5.10 Å². The van der Waals surface area contributed by atoms with Crippen molar-refractivity contribution in [3.8, 4) is 28.8 Å². The Labute approximate surface area is 150 Å². The highest BCUT2D eigenvalue weighted by Crippen LogP contribution is 2.27. The van der Waals surface area contributed by atoms with E-state index in [0.29, 0.717) is 11.3 Å². The number of carbonyl (C=O) groups excluding carboxylic acids is 1. The Morgan fingerprint density at radius 3 is 2.46 bits per heavy atom. The van der Waals surface area contributed by atoms with Crippen molar-refractivity contribution in [3.63, 3.8) is 0 Å². The number of methoxy groups -OCH3 is 1. The number of hydrogen-bond donors (Lipinski definition) is 1. The molecule has 128 valence electrons. The summed E-state index contributed by atoms with van der Waals surface area (Å²) < 4.78 is 6.88. The molecule has 6 heteroatoms. The van der Waals surface area contributed by atoms with E-state index in [9.17, 15) is 4.79 Å². The Kier molecular flexibility index (Phi) is 4.81. The minimum Gasteiger partial charge on any atom is -0.497 e. The van der Waals surface area contributed by atoms with E-state index in [0.717, 1.165) is 17.0 Å². The Morgan fingerprint density at radius 1 is 1.19 bits per heavy atom. The van der Waals surface area contributed by atoms with Crippen molar-refractivity contribution in [2.24, 2.45) is 5.73 Å². The summed E-state index contributed by atoms with van der Waals surface area (Å²) in [7, 11) is 1.60. The van der Waals surface area contributed by atoms with Gasteiger partial charge in [-0.2, -0.15) is 10.4 Å². The minimum atomic E-state index is -0.777. The van der Waals surface area contributed by atoms with Crippen LogP contribution in [0.15, 0.2) is 66.4 Å². The Hall–Kier alpha value is -3.85. The van der Waals surface area contributed by atoms with Gasteiger partial charge in [-0.25, -0.2) is 4.68 Å². The maximum Gasteiger partial charge on any atom is 0.259 e. The molecule has 1 amide bonds. The van der Waals surface area contributed by atoms with Gasteiger partial charge in [0.1, 0.15) is 17.4 Å². The van der Waals surface area contributed by atoms with Crippen LogP contribution in [0.4, 0.5) is 0 Å². The zero-order valence-corrected chi connectivity index (χ0v) is 14.1. The summed E-state index contributed by atoms with van der Waals surface area (Å²) in [5, 5.41) is 13.8. The van der Waals surface area contributed by atoms with Crippen LogP contribution in [0.5, 0.6) is 5.75 Å². The van der Waals surface area contributed by atoms with Gasteiger partial charge in [0, 0.05) is 17.3 Å². The van der Waals surface area contributed by atoms with E-state index in [1.807, 2.05) is 60.7 Å². The van der Waals surface area contributed by atoms with Crippen LogP contribution in [0, 0.1) is 11.3 Å². The molecule has 0 saturated heterocycles. The summed E-state index contributed by atoms with van der Waals surface area (Å²) in [6.45, 7) is 0. The van der Waals surface area contributed by atoms with Gasteiger partial charge in [-0.05, 0) is 42.5 Å². The lowest BCUT2D eigenvalue weighted by atomic mass is 10.1. The number of hydrogen-bond acceptors (Lipinski definition) is 4. The number of aromatic nitrogens is 2. The second kappa shape index (κ2) is 7.36. The maximum atomic E-state index is 11.4. The lowest BCUT2D eigenvalue weighted by molar-refractivity contribution is -0.114. The van der Waals surface area contributed by atoms with Crippen LogP contribution >= 0.6 is 0 Å². The first-order valence-corrected chi connectivity index (χ1v) is 7.83. The van der Waals surface area contributed by atoms with Gasteiger partial charge in [0.25, 0.3) is 5.91 Å². The largest absolute Gasteiger partial charge is 0.497 e. The topological polar surface area (TPSA) is 93.9 Å². The van der Waals surface area contributed by atoms with Crippen LogP contribution in [0.3, 0.4) is 0 Å². The number of nitrogens with two attached hydrogens (primary N) is 1. The van der Waals surface area contributed by atoms with Gasteiger partial charge in [-0.1, -0.05) is 18.2 Å². The predicted molar refractivity (Wildman–Crippen MR) is 98.3 cm³/mol. The van der Waals surface area contributed by atoms with Gasteiger partial charge in [0.2, 0.25) is 0 Å². The molecule has 6 nitrogen and oxygen atoms in total. The molecule has 2 N–H and O–H groups in total. The van der Waals surface area contributed by atoms with Crippen LogP contribution < -0.4 is 10.5 Å². The standard InChI is InChI=1S/C20H16N4O2/c1-26-18-9-7-14(8-10-18)19-16(11-15(12-21)20(22)25)13-24(23-19)17-5-3-2-4-6-17/h2-11,13H,1H3,(H2,22,25)/b15-11+. The molecule has 3 rings (SSSR count). The maximum absolute atomic E-state index is 11.4. The lowest BCUT2D eigenvalue weighted by Gasteiger charge is -2.03. The van der Waals surface area contributed by atoms with E-state index in [1.54, 1.807) is 18.0 Å². The fourth-order valence-corrected chi connectivity index (χ4v) is 2.49. The fraction of sp³-hybridized carbons (Fsp3) is 0.0500. The Bertz CT molecular complexity index is 997. The lowest BCUT2D eigenvalue weighted by Crippen LogP contribution is -2.12. The van der Waals surface area contributed by atoms with Crippen LogP contribution in [-0.2, 0) is 4.79 Å². The van der Waals surface area contributed by atoms with Gasteiger partial charge in [-0.15, -0.1) is 0 Å². The van der Waals surface area contributed by atoms with Crippen molar-refractivity contribution < 1.29 is 9.53 Å². The van der Waals surface area contributed by atoms with Gasteiger partial charge >= 0.3 is 0 Å². The number of para-hydroxylation sites is 1. The van der Waals surface area contributed by atoms with E-state index < -0.39 is 5.91 Å². The van der Waals surface area contributed by atoms with Crippen molar-refractivity contribution in [1.82, 2.24) is 9.78 Å². The SMILES string of the molecule is COc1ccc(-c2nn(-c3ccccc3)cc2/C=C(\C#N)C(N)=O)cc1. The zero-order chi connectivity index (χ0) is 18.5. The molecule has 0 bridgehead atoms. The Morgan fingerprint density at radius 2 is 1.88 bits per heavy atom. The smallest absolute Gasteiger partial charge is 0.259 e. The van der Waals surface area contributed by atoms with E-state index in [-0.39, 0.29) is 5.57 Å². The number of amides is 1. The van der Waals surface area contributed by atoms with Gasteiger partial charge in [-0.3, -0.25) is 4.79 Å². The molecule has 0 aliphatic rings. The highest BCUT2D eigenvalue weighted by molar-refractivity contribution is 6.01. The highest BCUT2D eigenvalue weighted by atomic mass is 16.5. The fourth-order valence-electron chi connectivity index (χ4n) is 2.49. The quantitative estimate of drug-likeness (QED) is 0.569. The summed E-state index contributed by atoms with van der Waals surface area (Å²) in [5.74, 6) is -0.0520. The molecular formula is C20H16N4O2. The molecule has 0 fully saturated rings. The summed E-state index contributed by atoms with van der Waals surface area (Å²) in [6, 6.07) is 18.8. The monoisotopic (exact) mass is 344 g/mol. The number of rotatable bonds is 5. The zero-order valence-electron chi connectivity index (χ0n) is 14.1. The van der Waals surface area contributed by atoms with Crippen molar-refractivity contribution >= 4 is 12.0 Å². The van der Waals surface area contributed by atoms with Crippen LogP contribution in [0.25, 0.3) is 23.0 Å². The first kappa shape index (κ1) is 17.0. The van der Waals surface area contributed by atoms with Crippen molar-refractivity contribution in [2.75, 3.05) is 7.11 Å². The van der Waals surface area contributed by atoms with Crippen molar-refractivity contribution in [1.29, 1.82) is 5.26 Å². The predicted octanol–water partition coefficient (Wildman–Crippen LogP) is 2.94. The summed E-state index contributed by atoms with van der Waals surface area (Å²) in [5.41, 5.74) is 8.07. The Balaban J connectivity index is 2.15. The molecule has 1 heterocycles. The molecule has 0 spiro atoms. The molecule has 2 aromatic carbocycles.